The molecule has 0 unspecified atom stereocenters. The first kappa shape index (κ1) is 28.8. The van der Waals surface area contributed by atoms with Gasteiger partial charge in [0.25, 0.3) is 0 Å². The van der Waals surface area contributed by atoms with Crippen LogP contribution in [-0.2, 0) is 26.2 Å². The number of nitrogens with one attached hydrogen (secondary N) is 1. The van der Waals surface area contributed by atoms with Gasteiger partial charge in [0.05, 0.1) is 11.9 Å². The fourth-order valence-electron chi connectivity index (χ4n) is 3.37. The Morgan fingerprint density at radius 1 is 1.06 bits per heavy atom. The minimum atomic E-state index is -4.08. The van der Waals surface area contributed by atoms with Gasteiger partial charge in [-0.15, -0.1) is 0 Å². The number of benzene rings is 2. The van der Waals surface area contributed by atoms with E-state index in [1.165, 1.54) is 11.0 Å². The van der Waals surface area contributed by atoms with E-state index in [0.29, 0.717) is 33.9 Å². The number of halogens is 4. The maximum Gasteiger partial charge on any atom is 0.244 e. The smallest absolute Gasteiger partial charge is 0.244 e. The molecule has 0 aliphatic carbocycles. The van der Waals surface area contributed by atoms with Crippen LogP contribution >= 0.6 is 23.2 Å². The van der Waals surface area contributed by atoms with Crippen molar-refractivity contribution in [1.29, 1.82) is 0 Å². The summed E-state index contributed by atoms with van der Waals surface area (Å²) < 4.78 is 52.8. The molecule has 0 heterocycles. The number of amides is 2. The van der Waals surface area contributed by atoms with E-state index >= 15 is 0 Å². The van der Waals surface area contributed by atoms with Gasteiger partial charge in [-0.3, -0.25) is 13.9 Å². The standard InChI is InChI=1S/C23H27Cl2F2N3O4S/c1-4-10-28-23(32)21(5-2)29(13-15-6-7-16(24)11-18(15)25)22(31)14-30(35(3,33)34)17-8-9-19(26)20(27)12-17/h6-9,11-12,21H,4-5,10,13-14H2,1-3H3,(H,28,32)/t21-/m1/s1. The molecule has 0 saturated carbocycles. The summed E-state index contributed by atoms with van der Waals surface area (Å²) in [6.45, 7) is 3.13. The molecule has 0 aliphatic rings. The van der Waals surface area contributed by atoms with Crippen LogP contribution in [-0.4, -0.2) is 50.5 Å². The molecule has 0 spiro atoms. The molecule has 0 fully saturated rings. The van der Waals surface area contributed by atoms with Crippen molar-refractivity contribution in [2.24, 2.45) is 0 Å². The van der Waals surface area contributed by atoms with Gasteiger partial charge in [0.1, 0.15) is 12.6 Å². The molecule has 0 aromatic heterocycles. The van der Waals surface area contributed by atoms with E-state index in [1.54, 1.807) is 19.1 Å². The van der Waals surface area contributed by atoms with Crippen LogP contribution in [0, 0.1) is 11.6 Å². The zero-order chi connectivity index (χ0) is 26.3. The van der Waals surface area contributed by atoms with E-state index in [9.17, 15) is 26.8 Å². The molecular weight excluding hydrogens is 523 g/mol. The maximum absolute atomic E-state index is 13.8. The molecule has 35 heavy (non-hydrogen) atoms. The lowest BCUT2D eigenvalue weighted by molar-refractivity contribution is -0.140. The van der Waals surface area contributed by atoms with Crippen LogP contribution in [0.25, 0.3) is 0 Å². The number of carbonyl (C=O) groups excluding carboxylic acids is 2. The molecule has 0 radical (unpaired) electrons. The minimum absolute atomic E-state index is 0.109. The number of hydrogen-bond donors (Lipinski definition) is 1. The second kappa shape index (κ2) is 12.5. The Hall–Kier alpha value is -2.43. The van der Waals surface area contributed by atoms with Gasteiger partial charge in [-0.25, -0.2) is 17.2 Å². The lowest BCUT2D eigenvalue weighted by Crippen LogP contribution is -2.52. The van der Waals surface area contributed by atoms with Crippen molar-refractivity contribution in [1.82, 2.24) is 10.2 Å². The van der Waals surface area contributed by atoms with Crippen LogP contribution in [0.4, 0.5) is 14.5 Å². The van der Waals surface area contributed by atoms with Crippen molar-refractivity contribution >= 4 is 50.7 Å². The first-order valence-electron chi connectivity index (χ1n) is 10.8. The van der Waals surface area contributed by atoms with Crippen LogP contribution < -0.4 is 9.62 Å². The predicted molar refractivity (Wildman–Crippen MR) is 133 cm³/mol. The summed E-state index contributed by atoms with van der Waals surface area (Å²) in [6, 6.07) is 6.24. The highest BCUT2D eigenvalue weighted by atomic mass is 35.5. The Morgan fingerprint density at radius 2 is 1.74 bits per heavy atom. The van der Waals surface area contributed by atoms with Gasteiger partial charge >= 0.3 is 0 Å². The van der Waals surface area contributed by atoms with Crippen LogP contribution in [0.1, 0.15) is 32.3 Å². The van der Waals surface area contributed by atoms with E-state index in [-0.39, 0.29) is 23.7 Å². The van der Waals surface area contributed by atoms with Gasteiger partial charge in [-0.2, -0.15) is 0 Å². The minimum Gasteiger partial charge on any atom is -0.354 e. The first-order chi connectivity index (χ1) is 16.4. The van der Waals surface area contributed by atoms with Gasteiger partial charge in [0, 0.05) is 29.2 Å². The second-order valence-corrected chi connectivity index (χ2v) is 10.6. The maximum atomic E-state index is 13.8. The van der Waals surface area contributed by atoms with Gasteiger partial charge in [0.2, 0.25) is 21.8 Å². The lowest BCUT2D eigenvalue weighted by atomic mass is 10.1. The highest BCUT2D eigenvalue weighted by Crippen LogP contribution is 2.25. The number of nitrogens with zero attached hydrogens (tertiary/aromatic N) is 2. The topological polar surface area (TPSA) is 86.8 Å². The summed E-state index contributed by atoms with van der Waals surface area (Å²) in [5.41, 5.74) is 0.262. The Labute approximate surface area is 214 Å². The van der Waals surface area contributed by atoms with Crippen LogP contribution in [0.3, 0.4) is 0 Å². The zero-order valence-electron chi connectivity index (χ0n) is 19.5. The van der Waals surface area contributed by atoms with Crippen molar-refractivity contribution < 1.29 is 26.8 Å². The van der Waals surface area contributed by atoms with E-state index in [4.69, 9.17) is 23.2 Å². The van der Waals surface area contributed by atoms with E-state index in [1.807, 2.05) is 6.92 Å². The monoisotopic (exact) mass is 549 g/mol. The number of sulfonamides is 1. The Balaban J connectivity index is 2.48. The quantitative estimate of drug-likeness (QED) is 0.450. The average Bonchev–Trinajstić information content (AvgIpc) is 2.78. The molecule has 192 valence electrons. The summed E-state index contributed by atoms with van der Waals surface area (Å²) in [6.07, 6.45) is 1.75. The van der Waals surface area contributed by atoms with Crippen molar-refractivity contribution in [2.75, 3.05) is 23.7 Å². The molecule has 2 amide bonds. The summed E-state index contributed by atoms with van der Waals surface area (Å²) >= 11 is 12.3. The Kier molecular flexibility index (Phi) is 10.3. The molecule has 1 atom stereocenters. The number of carbonyl (C=O) groups is 2. The van der Waals surface area contributed by atoms with Gasteiger partial charge < -0.3 is 10.2 Å². The SMILES string of the molecule is CCCNC(=O)[C@@H](CC)N(Cc1ccc(Cl)cc1Cl)C(=O)CN(c1ccc(F)c(F)c1)S(C)(=O)=O. The Morgan fingerprint density at radius 3 is 2.29 bits per heavy atom. The second-order valence-electron chi connectivity index (χ2n) is 7.84. The van der Waals surface area contributed by atoms with E-state index in [2.05, 4.69) is 5.32 Å². The normalized spacial score (nSPS) is 12.2. The zero-order valence-corrected chi connectivity index (χ0v) is 21.9. The third-order valence-corrected chi connectivity index (χ3v) is 6.89. The van der Waals surface area contributed by atoms with Crippen LogP contribution in [0.2, 0.25) is 10.0 Å². The van der Waals surface area contributed by atoms with Crippen molar-refractivity contribution in [2.45, 2.75) is 39.3 Å². The molecule has 2 rings (SSSR count). The van der Waals surface area contributed by atoms with Gasteiger partial charge in [-0.1, -0.05) is 43.1 Å². The molecule has 1 N–H and O–H groups in total. The number of hydrogen-bond acceptors (Lipinski definition) is 4. The largest absolute Gasteiger partial charge is 0.354 e. The number of anilines is 1. The summed E-state index contributed by atoms with van der Waals surface area (Å²) in [4.78, 5) is 27.6. The molecule has 0 saturated heterocycles. The summed E-state index contributed by atoms with van der Waals surface area (Å²) in [5.74, 6) is -3.57. The fourth-order valence-corrected chi connectivity index (χ4v) is 4.68. The van der Waals surface area contributed by atoms with Crippen molar-refractivity contribution in [3.8, 4) is 0 Å². The summed E-state index contributed by atoms with van der Waals surface area (Å²) in [5, 5.41) is 3.39. The third kappa shape index (κ3) is 7.78. The highest BCUT2D eigenvalue weighted by Gasteiger charge is 2.32. The van der Waals surface area contributed by atoms with Crippen molar-refractivity contribution in [3.63, 3.8) is 0 Å². The highest BCUT2D eigenvalue weighted by molar-refractivity contribution is 7.92. The van der Waals surface area contributed by atoms with Gasteiger partial charge in [-0.05, 0) is 42.7 Å². The van der Waals surface area contributed by atoms with Crippen LogP contribution in [0.5, 0.6) is 0 Å². The van der Waals surface area contributed by atoms with Crippen LogP contribution in [0.15, 0.2) is 36.4 Å². The van der Waals surface area contributed by atoms with E-state index < -0.39 is 46.1 Å². The molecule has 12 heteroatoms. The van der Waals surface area contributed by atoms with E-state index in [0.717, 1.165) is 18.4 Å². The number of rotatable bonds is 11. The first-order valence-corrected chi connectivity index (χ1v) is 13.4. The third-order valence-electron chi connectivity index (χ3n) is 5.16. The molecule has 2 aromatic rings. The molecule has 7 nitrogen and oxygen atoms in total. The molecular formula is C23H27Cl2F2N3O4S. The summed E-state index contributed by atoms with van der Waals surface area (Å²) in [7, 11) is -4.08. The molecule has 2 aromatic carbocycles. The Bertz CT molecular complexity index is 1180. The van der Waals surface area contributed by atoms with Gasteiger partial charge in [0.15, 0.2) is 11.6 Å². The fraction of sp³-hybridized carbons (Fsp3) is 0.391. The van der Waals surface area contributed by atoms with Crippen molar-refractivity contribution in [3.05, 3.63) is 63.6 Å². The molecule has 0 bridgehead atoms. The molecule has 0 aliphatic heterocycles. The lowest BCUT2D eigenvalue weighted by Gasteiger charge is -2.33. The predicted octanol–water partition coefficient (Wildman–Crippen LogP) is 4.37. The average molecular weight is 550 g/mol.